The normalized spacial score (nSPS) is 11.5. The maximum Gasteiger partial charge on any atom is 0.136 e. The summed E-state index contributed by atoms with van der Waals surface area (Å²) in [7, 11) is 1.65. The lowest BCUT2D eigenvalue weighted by Gasteiger charge is -2.06. The minimum atomic E-state index is 0.750. The Morgan fingerprint density at radius 1 is 0.846 bits per heavy atom. The zero-order chi connectivity index (χ0) is 17.8. The van der Waals surface area contributed by atoms with Gasteiger partial charge in [0.05, 0.1) is 18.2 Å². The van der Waals surface area contributed by atoms with Gasteiger partial charge in [0.25, 0.3) is 0 Å². The van der Waals surface area contributed by atoms with E-state index in [1.807, 2.05) is 84.9 Å². The van der Waals surface area contributed by atoms with Crippen molar-refractivity contribution in [1.29, 1.82) is 0 Å². The van der Waals surface area contributed by atoms with E-state index in [1.165, 1.54) is 0 Å². The molecule has 0 amide bonds. The summed E-state index contributed by atoms with van der Waals surface area (Å²) in [5.74, 6) is 1.56. The van der Waals surface area contributed by atoms with E-state index in [0.717, 1.165) is 39.1 Å². The Kier molecular flexibility index (Phi) is 4.39. The SMILES string of the molecule is COc1ccc(-c2c/c(=N/Nc3ccccc3)c3ccccc3o2)cc1. The average molecular weight is 342 g/mol. The summed E-state index contributed by atoms with van der Waals surface area (Å²) in [6.45, 7) is 0. The molecule has 0 radical (unpaired) electrons. The van der Waals surface area contributed by atoms with E-state index in [0.29, 0.717) is 0 Å². The molecule has 0 saturated carbocycles. The standard InChI is InChI=1S/C22H18N2O2/c1-25-18-13-11-16(12-14-18)22-15-20(19-9-5-6-10-21(19)26-22)24-23-17-7-3-2-4-8-17/h2-15,23H,1H3/b24-20-. The first-order valence-corrected chi connectivity index (χ1v) is 8.35. The first kappa shape index (κ1) is 16.0. The van der Waals surface area contributed by atoms with Crippen molar-refractivity contribution in [3.05, 3.63) is 90.3 Å². The Hall–Kier alpha value is -3.53. The van der Waals surface area contributed by atoms with Crippen molar-refractivity contribution in [1.82, 2.24) is 0 Å². The molecule has 0 aliphatic carbocycles. The van der Waals surface area contributed by atoms with Crippen molar-refractivity contribution in [3.63, 3.8) is 0 Å². The van der Waals surface area contributed by atoms with Crippen molar-refractivity contribution in [3.8, 4) is 17.1 Å². The zero-order valence-electron chi connectivity index (χ0n) is 14.3. The number of para-hydroxylation sites is 2. The highest BCUT2D eigenvalue weighted by molar-refractivity contribution is 5.78. The lowest BCUT2D eigenvalue weighted by molar-refractivity contribution is 0.415. The Labute approximate surface area is 151 Å². The summed E-state index contributed by atoms with van der Waals surface area (Å²) in [5.41, 5.74) is 5.80. The molecule has 4 nitrogen and oxygen atoms in total. The Morgan fingerprint density at radius 2 is 1.58 bits per heavy atom. The molecular weight excluding hydrogens is 324 g/mol. The smallest absolute Gasteiger partial charge is 0.136 e. The molecule has 0 aliphatic rings. The third kappa shape index (κ3) is 3.30. The molecule has 0 unspecified atom stereocenters. The maximum absolute atomic E-state index is 6.09. The van der Waals surface area contributed by atoms with Gasteiger partial charge < -0.3 is 9.15 Å². The van der Waals surface area contributed by atoms with Crippen molar-refractivity contribution in [2.45, 2.75) is 0 Å². The van der Waals surface area contributed by atoms with Gasteiger partial charge in [-0.3, -0.25) is 5.43 Å². The molecule has 0 bridgehead atoms. The molecule has 1 heterocycles. The van der Waals surface area contributed by atoms with Crippen LogP contribution in [0.4, 0.5) is 5.69 Å². The maximum atomic E-state index is 6.09. The number of hydrogen-bond donors (Lipinski definition) is 1. The van der Waals surface area contributed by atoms with E-state index in [2.05, 4.69) is 10.5 Å². The quantitative estimate of drug-likeness (QED) is 0.529. The average Bonchev–Trinajstić information content (AvgIpc) is 2.72. The van der Waals surface area contributed by atoms with Gasteiger partial charge in [0.15, 0.2) is 0 Å². The van der Waals surface area contributed by atoms with Crippen LogP contribution >= 0.6 is 0 Å². The van der Waals surface area contributed by atoms with Crippen LogP contribution in [0.1, 0.15) is 0 Å². The van der Waals surface area contributed by atoms with Gasteiger partial charge in [-0.05, 0) is 48.5 Å². The molecule has 1 aromatic heterocycles. The van der Waals surface area contributed by atoms with Gasteiger partial charge in [-0.15, -0.1) is 0 Å². The summed E-state index contributed by atoms with van der Waals surface area (Å²) < 4.78 is 11.3. The number of nitrogens with zero attached hydrogens (tertiary/aromatic N) is 1. The largest absolute Gasteiger partial charge is 0.497 e. The van der Waals surface area contributed by atoms with Crippen LogP contribution in [0.5, 0.6) is 5.75 Å². The van der Waals surface area contributed by atoms with Gasteiger partial charge in [-0.1, -0.05) is 30.3 Å². The molecule has 0 saturated heterocycles. The Balaban J connectivity index is 1.82. The molecule has 0 spiro atoms. The minimum absolute atomic E-state index is 0.750. The van der Waals surface area contributed by atoms with Crippen LogP contribution in [0.25, 0.3) is 22.3 Å². The van der Waals surface area contributed by atoms with E-state index in [-0.39, 0.29) is 0 Å². The van der Waals surface area contributed by atoms with Gasteiger partial charge in [0.1, 0.15) is 17.1 Å². The number of rotatable bonds is 4. The van der Waals surface area contributed by atoms with Crippen LogP contribution in [-0.4, -0.2) is 7.11 Å². The molecule has 1 N–H and O–H groups in total. The second-order valence-corrected chi connectivity index (χ2v) is 5.81. The van der Waals surface area contributed by atoms with Gasteiger partial charge in [-0.25, -0.2) is 0 Å². The van der Waals surface area contributed by atoms with Crippen molar-refractivity contribution >= 4 is 16.7 Å². The fourth-order valence-electron chi connectivity index (χ4n) is 2.74. The number of ether oxygens (including phenoxy) is 1. The first-order valence-electron chi connectivity index (χ1n) is 8.35. The van der Waals surface area contributed by atoms with Crippen LogP contribution in [-0.2, 0) is 0 Å². The summed E-state index contributed by atoms with van der Waals surface area (Å²) >= 11 is 0. The predicted octanol–water partition coefficient (Wildman–Crippen LogP) is 5.04. The number of fused-ring (bicyclic) bond motifs is 1. The third-order valence-corrected chi connectivity index (χ3v) is 4.10. The third-order valence-electron chi connectivity index (χ3n) is 4.10. The van der Waals surface area contributed by atoms with Crippen molar-refractivity contribution in [2.24, 2.45) is 5.10 Å². The fraction of sp³-hybridized carbons (Fsp3) is 0.0455. The Morgan fingerprint density at radius 3 is 2.35 bits per heavy atom. The van der Waals surface area contributed by atoms with Gasteiger partial charge in [0.2, 0.25) is 0 Å². The molecule has 4 rings (SSSR count). The zero-order valence-corrected chi connectivity index (χ0v) is 14.3. The molecule has 0 atom stereocenters. The molecule has 0 fully saturated rings. The van der Waals surface area contributed by atoms with E-state index < -0.39 is 0 Å². The van der Waals surface area contributed by atoms with Crippen LogP contribution in [0.15, 0.2) is 94.4 Å². The Bertz CT molecular complexity index is 1080. The highest BCUT2D eigenvalue weighted by Crippen LogP contribution is 2.24. The minimum Gasteiger partial charge on any atom is -0.497 e. The fourth-order valence-corrected chi connectivity index (χ4v) is 2.74. The molecule has 4 heteroatoms. The summed E-state index contributed by atoms with van der Waals surface area (Å²) in [4.78, 5) is 0. The second kappa shape index (κ2) is 7.15. The number of methoxy groups -OCH3 is 1. The monoisotopic (exact) mass is 342 g/mol. The molecule has 3 aromatic carbocycles. The summed E-state index contributed by atoms with van der Waals surface area (Å²) in [5, 5.41) is 6.36. The van der Waals surface area contributed by atoms with Crippen LogP contribution in [0.2, 0.25) is 0 Å². The van der Waals surface area contributed by atoms with E-state index in [1.54, 1.807) is 7.11 Å². The van der Waals surface area contributed by atoms with E-state index >= 15 is 0 Å². The molecule has 128 valence electrons. The van der Waals surface area contributed by atoms with Crippen LogP contribution in [0.3, 0.4) is 0 Å². The van der Waals surface area contributed by atoms with Crippen molar-refractivity contribution in [2.75, 3.05) is 12.5 Å². The van der Waals surface area contributed by atoms with Gasteiger partial charge in [0, 0.05) is 17.0 Å². The number of anilines is 1. The van der Waals surface area contributed by atoms with E-state index in [4.69, 9.17) is 9.15 Å². The lowest BCUT2D eigenvalue weighted by Crippen LogP contribution is -2.07. The van der Waals surface area contributed by atoms with Gasteiger partial charge >= 0.3 is 0 Å². The number of hydrogen-bond acceptors (Lipinski definition) is 4. The number of benzene rings is 3. The van der Waals surface area contributed by atoms with Crippen molar-refractivity contribution < 1.29 is 9.15 Å². The highest BCUT2D eigenvalue weighted by atomic mass is 16.5. The van der Waals surface area contributed by atoms with Crippen LogP contribution in [0, 0.1) is 0 Å². The lowest BCUT2D eigenvalue weighted by atomic mass is 10.1. The molecule has 0 aliphatic heterocycles. The van der Waals surface area contributed by atoms with Crippen LogP contribution < -0.4 is 15.5 Å². The molecular formula is C22H18N2O2. The number of nitrogens with one attached hydrogen (secondary N) is 1. The summed E-state index contributed by atoms with van der Waals surface area (Å²) in [6.07, 6.45) is 0. The first-order chi connectivity index (χ1) is 12.8. The highest BCUT2D eigenvalue weighted by Gasteiger charge is 2.06. The summed E-state index contributed by atoms with van der Waals surface area (Å²) in [6, 6.07) is 27.5. The topological polar surface area (TPSA) is 46.8 Å². The second-order valence-electron chi connectivity index (χ2n) is 5.81. The predicted molar refractivity (Wildman–Crippen MR) is 104 cm³/mol. The van der Waals surface area contributed by atoms with E-state index in [9.17, 15) is 0 Å². The van der Waals surface area contributed by atoms with Gasteiger partial charge in [-0.2, -0.15) is 5.10 Å². The molecule has 4 aromatic rings. The molecule has 26 heavy (non-hydrogen) atoms.